The monoisotopic (exact) mass is 292 g/mol. The van der Waals surface area contributed by atoms with Gasteiger partial charge in [0.2, 0.25) is 0 Å². The minimum absolute atomic E-state index is 0.247. The molecular weight excluding hydrogens is 280 g/mol. The second-order valence-corrected chi connectivity index (χ2v) is 4.55. The topological polar surface area (TPSA) is 72.0 Å². The molecule has 0 aliphatic heterocycles. The van der Waals surface area contributed by atoms with Crippen molar-refractivity contribution in [2.75, 3.05) is 6.61 Å². The average molecular weight is 293 g/mol. The van der Waals surface area contributed by atoms with Gasteiger partial charge < -0.3 is 9.72 Å². The van der Waals surface area contributed by atoms with Crippen LogP contribution in [0.25, 0.3) is 11.3 Å². The van der Waals surface area contributed by atoms with Gasteiger partial charge in [-0.25, -0.2) is 9.59 Å². The molecule has 2 rings (SSSR count). The van der Waals surface area contributed by atoms with Gasteiger partial charge in [0.15, 0.2) is 0 Å². The van der Waals surface area contributed by atoms with Gasteiger partial charge in [-0.2, -0.15) is 4.98 Å². The zero-order chi connectivity index (χ0) is 14.7. The summed E-state index contributed by atoms with van der Waals surface area (Å²) in [6.45, 7) is 3.60. The first-order valence-corrected chi connectivity index (χ1v) is 6.44. The number of aromatic amines is 1. The highest BCUT2D eigenvalue weighted by atomic mass is 35.5. The van der Waals surface area contributed by atoms with E-state index in [0.29, 0.717) is 22.0 Å². The Morgan fingerprint density at radius 2 is 2.00 bits per heavy atom. The van der Waals surface area contributed by atoms with Gasteiger partial charge in [0.05, 0.1) is 12.3 Å². The molecule has 1 heterocycles. The molecular formula is C14H13ClN2O3. The summed E-state index contributed by atoms with van der Waals surface area (Å²) in [4.78, 5) is 30.0. The van der Waals surface area contributed by atoms with Crippen LogP contribution in [0.3, 0.4) is 0 Å². The maximum absolute atomic E-state index is 12.0. The lowest BCUT2D eigenvalue weighted by atomic mass is 10.0. The van der Waals surface area contributed by atoms with E-state index >= 15 is 0 Å². The third kappa shape index (κ3) is 2.88. The number of aryl methyl sites for hydroxylation is 1. The molecule has 6 heteroatoms. The number of carbonyl (C=O) groups excluding carboxylic acids is 1. The summed E-state index contributed by atoms with van der Waals surface area (Å²) in [7, 11) is 0. The van der Waals surface area contributed by atoms with E-state index in [-0.39, 0.29) is 12.2 Å². The van der Waals surface area contributed by atoms with Gasteiger partial charge in [0, 0.05) is 16.3 Å². The number of aromatic nitrogens is 2. The fourth-order valence-corrected chi connectivity index (χ4v) is 1.98. The van der Waals surface area contributed by atoms with Crippen LogP contribution in [0.1, 0.15) is 23.0 Å². The third-order valence-electron chi connectivity index (χ3n) is 2.72. The number of nitrogens with zero attached hydrogens (tertiary/aromatic N) is 1. The number of ether oxygens (including phenoxy) is 1. The lowest BCUT2D eigenvalue weighted by Gasteiger charge is -2.10. The molecule has 0 radical (unpaired) electrons. The molecule has 1 aromatic heterocycles. The largest absolute Gasteiger partial charge is 0.462 e. The summed E-state index contributed by atoms with van der Waals surface area (Å²) < 4.78 is 5.01. The SMILES string of the molecule is CCOC(=O)c1c(-c2ccc(Cl)cc2)nc(=O)[nH]c1C. The maximum Gasteiger partial charge on any atom is 0.345 e. The van der Waals surface area contributed by atoms with Crippen molar-refractivity contribution >= 4 is 17.6 Å². The van der Waals surface area contributed by atoms with Crippen molar-refractivity contribution in [1.82, 2.24) is 9.97 Å². The Balaban J connectivity index is 2.64. The number of hydrogen-bond donors (Lipinski definition) is 1. The molecule has 0 saturated heterocycles. The molecule has 0 aliphatic carbocycles. The fraction of sp³-hybridized carbons (Fsp3) is 0.214. The minimum atomic E-state index is -0.515. The Morgan fingerprint density at radius 3 is 2.60 bits per heavy atom. The fourth-order valence-electron chi connectivity index (χ4n) is 1.86. The Morgan fingerprint density at radius 1 is 1.35 bits per heavy atom. The van der Waals surface area contributed by atoms with Crippen molar-refractivity contribution in [3.05, 3.63) is 51.0 Å². The van der Waals surface area contributed by atoms with Gasteiger partial charge >= 0.3 is 11.7 Å². The summed E-state index contributed by atoms with van der Waals surface area (Å²) >= 11 is 5.83. The number of H-pyrrole nitrogens is 1. The van der Waals surface area contributed by atoms with E-state index in [1.165, 1.54) is 0 Å². The number of carbonyl (C=O) groups is 1. The molecule has 2 aromatic rings. The van der Waals surface area contributed by atoms with Crippen LogP contribution < -0.4 is 5.69 Å². The zero-order valence-corrected chi connectivity index (χ0v) is 11.8. The molecule has 0 bridgehead atoms. The molecule has 0 spiro atoms. The summed E-state index contributed by atoms with van der Waals surface area (Å²) in [5, 5.41) is 0.563. The molecule has 0 unspecified atom stereocenters. The number of esters is 1. The van der Waals surface area contributed by atoms with Crippen LogP contribution in [-0.2, 0) is 4.74 Å². The van der Waals surface area contributed by atoms with Crippen LogP contribution in [0.2, 0.25) is 5.02 Å². The molecule has 104 valence electrons. The third-order valence-corrected chi connectivity index (χ3v) is 2.97. The van der Waals surface area contributed by atoms with Crippen molar-refractivity contribution < 1.29 is 9.53 Å². The summed E-state index contributed by atoms with van der Waals surface area (Å²) in [6.07, 6.45) is 0. The van der Waals surface area contributed by atoms with Crippen molar-refractivity contribution in [2.24, 2.45) is 0 Å². The molecule has 1 aromatic carbocycles. The molecule has 0 atom stereocenters. The van der Waals surface area contributed by atoms with Crippen LogP contribution in [0.15, 0.2) is 29.1 Å². The van der Waals surface area contributed by atoms with Gasteiger partial charge in [-0.05, 0) is 26.0 Å². The first-order chi connectivity index (χ1) is 9.52. The summed E-state index contributed by atoms with van der Waals surface area (Å²) in [5.74, 6) is -0.515. The van der Waals surface area contributed by atoms with E-state index in [1.54, 1.807) is 38.1 Å². The normalized spacial score (nSPS) is 10.3. The lowest BCUT2D eigenvalue weighted by Crippen LogP contribution is -2.19. The van der Waals surface area contributed by atoms with Gasteiger partial charge in [-0.15, -0.1) is 0 Å². The number of hydrogen-bond acceptors (Lipinski definition) is 4. The summed E-state index contributed by atoms with van der Waals surface area (Å²) in [6, 6.07) is 6.74. The first-order valence-electron chi connectivity index (χ1n) is 6.07. The van der Waals surface area contributed by atoms with E-state index < -0.39 is 11.7 Å². The first kappa shape index (κ1) is 14.3. The predicted molar refractivity (Wildman–Crippen MR) is 76.0 cm³/mol. The van der Waals surface area contributed by atoms with E-state index in [1.807, 2.05) is 0 Å². The van der Waals surface area contributed by atoms with Gasteiger partial charge in [-0.3, -0.25) is 0 Å². The highest BCUT2D eigenvalue weighted by molar-refractivity contribution is 6.30. The summed E-state index contributed by atoms with van der Waals surface area (Å²) in [5.41, 5.74) is 1.09. The van der Waals surface area contributed by atoms with Crippen molar-refractivity contribution in [2.45, 2.75) is 13.8 Å². The van der Waals surface area contributed by atoms with Gasteiger partial charge in [-0.1, -0.05) is 23.7 Å². The Bertz CT molecular complexity index is 693. The second kappa shape index (κ2) is 5.88. The Hall–Kier alpha value is -2.14. The molecule has 0 aliphatic rings. The van der Waals surface area contributed by atoms with Crippen LogP contribution in [0, 0.1) is 6.92 Å². The van der Waals surface area contributed by atoms with Crippen molar-refractivity contribution in [1.29, 1.82) is 0 Å². The molecule has 0 amide bonds. The van der Waals surface area contributed by atoms with E-state index in [9.17, 15) is 9.59 Å². The lowest BCUT2D eigenvalue weighted by molar-refractivity contribution is 0.0525. The molecule has 0 fully saturated rings. The van der Waals surface area contributed by atoms with Crippen LogP contribution in [0.5, 0.6) is 0 Å². The van der Waals surface area contributed by atoms with E-state index in [0.717, 1.165) is 0 Å². The quantitative estimate of drug-likeness (QED) is 0.883. The van der Waals surface area contributed by atoms with E-state index in [2.05, 4.69) is 9.97 Å². The van der Waals surface area contributed by atoms with Crippen LogP contribution in [-0.4, -0.2) is 22.5 Å². The second-order valence-electron chi connectivity index (χ2n) is 4.12. The number of nitrogens with one attached hydrogen (secondary N) is 1. The average Bonchev–Trinajstić information content (AvgIpc) is 2.38. The van der Waals surface area contributed by atoms with Crippen LogP contribution in [0.4, 0.5) is 0 Å². The van der Waals surface area contributed by atoms with Crippen molar-refractivity contribution in [3.8, 4) is 11.3 Å². The van der Waals surface area contributed by atoms with Crippen molar-refractivity contribution in [3.63, 3.8) is 0 Å². The number of benzene rings is 1. The Labute approximate surface area is 120 Å². The zero-order valence-electron chi connectivity index (χ0n) is 11.1. The number of rotatable bonds is 3. The van der Waals surface area contributed by atoms with Gasteiger partial charge in [0.1, 0.15) is 5.56 Å². The smallest absolute Gasteiger partial charge is 0.345 e. The number of halogens is 1. The molecule has 5 nitrogen and oxygen atoms in total. The van der Waals surface area contributed by atoms with Crippen LogP contribution >= 0.6 is 11.6 Å². The molecule has 20 heavy (non-hydrogen) atoms. The molecule has 1 N–H and O–H groups in total. The predicted octanol–water partition coefficient (Wildman–Crippen LogP) is 2.58. The minimum Gasteiger partial charge on any atom is -0.462 e. The standard InChI is InChI=1S/C14H13ClN2O3/c1-3-20-13(18)11-8(2)16-14(19)17-12(11)9-4-6-10(15)7-5-9/h4-7H,3H2,1-2H3,(H,16,17,19). The molecule has 0 saturated carbocycles. The Kier molecular flexibility index (Phi) is 4.20. The highest BCUT2D eigenvalue weighted by Gasteiger charge is 2.19. The van der Waals surface area contributed by atoms with Gasteiger partial charge in [0.25, 0.3) is 0 Å². The highest BCUT2D eigenvalue weighted by Crippen LogP contribution is 2.24. The maximum atomic E-state index is 12.0. The van der Waals surface area contributed by atoms with E-state index in [4.69, 9.17) is 16.3 Å².